The monoisotopic (exact) mass is 283 g/mol. The number of hydrogen-bond acceptors (Lipinski definition) is 4. The molecule has 0 saturated carbocycles. The van der Waals surface area contributed by atoms with Crippen molar-refractivity contribution in [2.75, 3.05) is 7.11 Å². The highest BCUT2D eigenvalue weighted by Crippen LogP contribution is 2.22. The van der Waals surface area contributed by atoms with Gasteiger partial charge in [0.1, 0.15) is 18.4 Å². The van der Waals surface area contributed by atoms with Crippen molar-refractivity contribution in [2.24, 2.45) is 0 Å². The molecule has 0 fully saturated rings. The lowest BCUT2D eigenvalue weighted by Crippen LogP contribution is -2.05. The first-order chi connectivity index (χ1) is 10.4. The summed E-state index contributed by atoms with van der Waals surface area (Å²) in [6.07, 6.45) is 3.11. The van der Waals surface area contributed by atoms with Gasteiger partial charge in [-0.05, 0) is 23.3 Å². The van der Waals surface area contributed by atoms with Crippen LogP contribution in [0.3, 0.4) is 0 Å². The van der Waals surface area contributed by atoms with Gasteiger partial charge < -0.3 is 9.84 Å². The Balaban J connectivity index is 0.000000774. The van der Waals surface area contributed by atoms with Crippen molar-refractivity contribution < 1.29 is 9.84 Å². The molecule has 0 aliphatic rings. The molecule has 0 radical (unpaired) electrons. The van der Waals surface area contributed by atoms with Gasteiger partial charge >= 0.3 is 0 Å². The molecule has 3 rings (SSSR count). The molecule has 5 heteroatoms. The Hall–Kier alpha value is -2.66. The van der Waals surface area contributed by atoms with Crippen molar-refractivity contribution in [3.05, 3.63) is 67.3 Å². The van der Waals surface area contributed by atoms with E-state index < -0.39 is 0 Å². The highest BCUT2D eigenvalue weighted by molar-refractivity contribution is 5.63. The molecule has 2 aromatic carbocycles. The zero-order chi connectivity index (χ0) is 14.9. The van der Waals surface area contributed by atoms with Crippen LogP contribution in [0.25, 0.3) is 11.1 Å². The number of aromatic nitrogens is 3. The van der Waals surface area contributed by atoms with E-state index in [0.717, 1.165) is 12.9 Å². The molecule has 0 bridgehead atoms. The molecule has 0 atom stereocenters. The van der Waals surface area contributed by atoms with Crippen molar-refractivity contribution in [2.45, 2.75) is 6.73 Å². The second-order valence-electron chi connectivity index (χ2n) is 4.10. The Labute approximate surface area is 123 Å². The van der Waals surface area contributed by atoms with Crippen LogP contribution in [0.4, 0.5) is 0 Å². The number of aliphatic hydroxyl groups excluding tert-OH is 1. The molecule has 1 N–H and O–H groups in total. The van der Waals surface area contributed by atoms with Crippen LogP contribution in [-0.4, -0.2) is 27.0 Å². The molecule has 0 unspecified atom stereocenters. The van der Waals surface area contributed by atoms with Gasteiger partial charge in [0.25, 0.3) is 0 Å². The van der Waals surface area contributed by atoms with E-state index in [4.69, 9.17) is 9.84 Å². The fourth-order valence-corrected chi connectivity index (χ4v) is 1.81. The number of ether oxygens (including phenoxy) is 1. The van der Waals surface area contributed by atoms with E-state index >= 15 is 0 Å². The molecule has 21 heavy (non-hydrogen) atoms. The first-order valence-electron chi connectivity index (χ1n) is 6.47. The maximum absolute atomic E-state index is 7.00. The fraction of sp³-hybridized carbons (Fsp3) is 0.125. The predicted molar refractivity (Wildman–Crippen MR) is 80.7 cm³/mol. The Kier molecular flexibility index (Phi) is 5.49. The van der Waals surface area contributed by atoms with E-state index in [1.807, 2.05) is 42.5 Å². The molecule has 1 aromatic heterocycles. The minimum absolute atomic E-state index is 0.366. The maximum atomic E-state index is 7.00. The van der Waals surface area contributed by atoms with Crippen LogP contribution in [0, 0.1) is 0 Å². The summed E-state index contributed by atoms with van der Waals surface area (Å²) in [5.41, 5.74) is 2.37. The largest absolute Gasteiger partial charge is 0.471 e. The van der Waals surface area contributed by atoms with Crippen molar-refractivity contribution in [1.82, 2.24) is 14.8 Å². The molecule has 0 spiro atoms. The fourth-order valence-electron chi connectivity index (χ4n) is 1.81. The normalized spacial score (nSPS) is 9.62. The van der Waals surface area contributed by atoms with Crippen molar-refractivity contribution in [1.29, 1.82) is 0 Å². The van der Waals surface area contributed by atoms with E-state index in [2.05, 4.69) is 22.2 Å². The molecule has 108 valence electrons. The van der Waals surface area contributed by atoms with Gasteiger partial charge in [0.2, 0.25) is 0 Å². The molecule has 0 amide bonds. The number of aliphatic hydroxyl groups is 1. The number of nitrogens with zero attached hydrogens (tertiary/aromatic N) is 3. The average molecular weight is 283 g/mol. The Bertz CT molecular complexity index is 622. The summed E-state index contributed by atoms with van der Waals surface area (Å²) in [5, 5.41) is 11.0. The summed E-state index contributed by atoms with van der Waals surface area (Å²) in [6.45, 7) is 0.366. The summed E-state index contributed by atoms with van der Waals surface area (Å²) >= 11 is 0. The molecular weight excluding hydrogens is 266 g/mol. The van der Waals surface area contributed by atoms with Crippen molar-refractivity contribution in [3.63, 3.8) is 0 Å². The first kappa shape index (κ1) is 14.7. The second kappa shape index (κ2) is 7.81. The van der Waals surface area contributed by atoms with Crippen molar-refractivity contribution >= 4 is 0 Å². The summed E-state index contributed by atoms with van der Waals surface area (Å²) in [7, 11) is 1.00. The molecule has 3 aromatic rings. The standard InChI is InChI=1S/C15H13N3O.CH4O/c1-2-4-13(5-3-1)14-6-8-15(9-7-14)19-12-18-11-16-10-17-18;1-2/h1-11H,12H2;2H,1H3. The molecule has 0 aliphatic carbocycles. The predicted octanol–water partition coefficient (Wildman–Crippen LogP) is 2.59. The van der Waals surface area contributed by atoms with Crippen molar-refractivity contribution in [3.8, 4) is 16.9 Å². The lowest BCUT2D eigenvalue weighted by atomic mass is 10.1. The Morgan fingerprint density at radius 3 is 2.24 bits per heavy atom. The third-order valence-electron chi connectivity index (χ3n) is 2.79. The summed E-state index contributed by atoms with van der Waals surface area (Å²) in [6, 6.07) is 18.3. The molecule has 0 saturated heterocycles. The van der Waals surface area contributed by atoms with Gasteiger partial charge in [-0.1, -0.05) is 42.5 Å². The third kappa shape index (κ3) is 4.15. The Morgan fingerprint density at radius 1 is 0.952 bits per heavy atom. The summed E-state index contributed by atoms with van der Waals surface area (Å²) in [5.74, 6) is 0.815. The zero-order valence-corrected chi connectivity index (χ0v) is 11.8. The first-order valence-corrected chi connectivity index (χ1v) is 6.47. The summed E-state index contributed by atoms with van der Waals surface area (Å²) < 4.78 is 7.23. The van der Waals surface area contributed by atoms with Crippen LogP contribution in [0.15, 0.2) is 67.3 Å². The number of benzene rings is 2. The van der Waals surface area contributed by atoms with Gasteiger partial charge in [-0.3, -0.25) is 0 Å². The topological polar surface area (TPSA) is 60.2 Å². The minimum atomic E-state index is 0.366. The quantitative estimate of drug-likeness (QED) is 0.799. The van der Waals surface area contributed by atoms with Gasteiger partial charge in [-0.25, -0.2) is 9.67 Å². The van der Waals surface area contributed by atoms with Gasteiger partial charge in [-0.2, -0.15) is 5.10 Å². The average Bonchev–Trinajstić information content (AvgIpc) is 3.10. The second-order valence-corrected chi connectivity index (χ2v) is 4.10. The molecule has 1 heterocycles. The minimum Gasteiger partial charge on any atom is -0.471 e. The van der Waals surface area contributed by atoms with Crippen LogP contribution in [-0.2, 0) is 6.73 Å². The highest BCUT2D eigenvalue weighted by Gasteiger charge is 1.98. The lowest BCUT2D eigenvalue weighted by Gasteiger charge is -2.07. The Morgan fingerprint density at radius 2 is 1.62 bits per heavy atom. The molecule has 5 nitrogen and oxygen atoms in total. The van der Waals surface area contributed by atoms with Crippen LogP contribution in [0.2, 0.25) is 0 Å². The van der Waals surface area contributed by atoms with Gasteiger partial charge in [-0.15, -0.1) is 0 Å². The smallest absolute Gasteiger partial charge is 0.182 e. The van der Waals surface area contributed by atoms with E-state index in [0.29, 0.717) is 6.73 Å². The number of hydrogen-bond donors (Lipinski definition) is 1. The molecular formula is C16H17N3O2. The number of rotatable bonds is 4. The highest BCUT2D eigenvalue weighted by atomic mass is 16.5. The van der Waals surface area contributed by atoms with Crippen LogP contribution >= 0.6 is 0 Å². The van der Waals surface area contributed by atoms with Crippen LogP contribution < -0.4 is 4.74 Å². The van der Waals surface area contributed by atoms with Gasteiger partial charge in [0.15, 0.2) is 6.73 Å². The van der Waals surface area contributed by atoms with E-state index in [1.165, 1.54) is 17.5 Å². The zero-order valence-electron chi connectivity index (χ0n) is 11.8. The van der Waals surface area contributed by atoms with Crippen LogP contribution in [0.1, 0.15) is 0 Å². The van der Waals surface area contributed by atoms with E-state index in [9.17, 15) is 0 Å². The van der Waals surface area contributed by atoms with Gasteiger partial charge in [0, 0.05) is 7.11 Å². The third-order valence-corrected chi connectivity index (χ3v) is 2.79. The van der Waals surface area contributed by atoms with Crippen LogP contribution in [0.5, 0.6) is 5.75 Å². The summed E-state index contributed by atoms with van der Waals surface area (Å²) in [4.78, 5) is 3.86. The SMILES string of the molecule is CO.c1ccc(-c2ccc(OCn3cncn3)cc2)cc1. The lowest BCUT2D eigenvalue weighted by molar-refractivity contribution is 0.220. The van der Waals surface area contributed by atoms with Gasteiger partial charge in [0.05, 0.1) is 0 Å². The van der Waals surface area contributed by atoms with E-state index in [1.54, 1.807) is 11.0 Å². The maximum Gasteiger partial charge on any atom is 0.182 e. The van der Waals surface area contributed by atoms with E-state index in [-0.39, 0.29) is 0 Å². The molecule has 0 aliphatic heterocycles.